The molecule has 6 heteroatoms. The van der Waals surface area contributed by atoms with Gasteiger partial charge in [-0.05, 0) is 123 Å². The third-order valence-corrected chi connectivity index (χ3v) is 14.2. The molecule has 0 aliphatic heterocycles. The van der Waals surface area contributed by atoms with Crippen molar-refractivity contribution in [3.8, 4) is 22.3 Å². The number of rotatable bonds is 2. The summed E-state index contributed by atoms with van der Waals surface area (Å²) in [5, 5.41) is 19.8. The summed E-state index contributed by atoms with van der Waals surface area (Å²) in [6.07, 6.45) is 7.48. The molecule has 10 aromatic carbocycles. The van der Waals surface area contributed by atoms with Gasteiger partial charge in [0.05, 0.1) is 22.1 Å². The van der Waals surface area contributed by atoms with Gasteiger partial charge in [0.1, 0.15) is 0 Å². The third kappa shape index (κ3) is 5.24. The molecule has 0 saturated heterocycles. The third-order valence-electron chi connectivity index (χ3n) is 12.8. The van der Waals surface area contributed by atoms with Gasteiger partial charge < -0.3 is 0 Å². The molecule has 0 amide bonds. The minimum Gasteiger partial charge on any atom is -0.254 e. The fraction of sp³-hybridized carbons (Fsp3) is 0. The minimum atomic E-state index is 0.948. The molecule has 0 bridgehead atoms. The van der Waals surface area contributed by atoms with Crippen LogP contribution in [0, 0.1) is 0 Å². The Bertz CT molecular complexity index is 3880. The van der Waals surface area contributed by atoms with Crippen molar-refractivity contribution in [2.75, 3.05) is 0 Å². The SMILES string of the molecule is Brc1ccc2ccc3c(-c4ccnc5c4ccc4cccnc45)ccc4ccc1c2c43.Brc1ccc2ccc3c(-c4ccnc5c4ccc4cccnc45)ccc4ccc1c2c43. The Labute approximate surface area is 371 Å². The van der Waals surface area contributed by atoms with Crippen LogP contribution in [0.5, 0.6) is 0 Å². The lowest BCUT2D eigenvalue weighted by molar-refractivity contribution is 1.37. The number of benzene rings is 10. The Morgan fingerprint density at radius 3 is 1.02 bits per heavy atom. The average molecular weight is 919 g/mol. The summed E-state index contributed by atoms with van der Waals surface area (Å²) in [4.78, 5) is 18.6. The second-order valence-corrected chi connectivity index (χ2v) is 17.7. The first-order valence-electron chi connectivity index (χ1n) is 20.6. The topological polar surface area (TPSA) is 51.6 Å². The highest BCUT2D eigenvalue weighted by Crippen LogP contribution is 2.45. The predicted octanol–water partition coefficient (Wildman–Crippen LogP) is 16.2. The monoisotopic (exact) mass is 916 g/mol. The quantitative estimate of drug-likeness (QED) is 0.162. The molecule has 0 radical (unpaired) electrons. The van der Waals surface area contributed by atoms with Gasteiger partial charge in [-0.2, -0.15) is 0 Å². The van der Waals surface area contributed by atoms with Crippen LogP contribution in [0.15, 0.2) is 191 Å². The van der Waals surface area contributed by atoms with E-state index in [1.807, 2.05) is 36.9 Å². The van der Waals surface area contributed by atoms with E-state index in [0.717, 1.165) is 52.6 Å². The number of hydrogen-bond acceptors (Lipinski definition) is 4. The molecule has 0 spiro atoms. The number of pyridine rings is 4. The van der Waals surface area contributed by atoms with Crippen LogP contribution in [-0.4, -0.2) is 19.9 Å². The Kier molecular flexibility index (Phi) is 7.87. The van der Waals surface area contributed by atoms with Crippen molar-refractivity contribution in [3.05, 3.63) is 191 Å². The van der Waals surface area contributed by atoms with Gasteiger partial charge in [0, 0.05) is 55.3 Å². The van der Waals surface area contributed by atoms with Crippen molar-refractivity contribution in [3.63, 3.8) is 0 Å². The van der Waals surface area contributed by atoms with E-state index in [-0.39, 0.29) is 0 Å². The van der Waals surface area contributed by atoms with Crippen molar-refractivity contribution in [2.24, 2.45) is 0 Å². The number of nitrogens with zero attached hydrogens (tertiary/aromatic N) is 4. The maximum absolute atomic E-state index is 4.70. The van der Waals surface area contributed by atoms with E-state index >= 15 is 0 Å². The van der Waals surface area contributed by atoms with E-state index in [1.165, 1.54) is 86.9 Å². The van der Waals surface area contributed by atoms with Gasteiger partial charge in [-0.1, -0.05) is 153 Å². The molecule has 0 fully saturated rings. The molecule has 4 nitrogen and oxygen atoms in total. The van der Waals surface area contributed by atoms with Gasteiger partial charge in [0.2, 0.25) is 0 Å². The molecule has 14 rings (SSSR count). The summed E-state index contributed by atoms with van der Waals surface area (Å²) in [5.41, 5.74) is 8.62. The standard InChI is InChI=1S/2C28H15BrN2/c2*29-24-12-7-17-4-9-21-19(8-3-16-5-11-23(24)26(17)25(16)21)20-13-15-31-28-22(20)10-6-18-2-1-14-30-27(18)28/h2*1-15H. The molecule has 0 unspecified atom stereocenters. The van der Waals surface area contributed by atoms with Gasteiger partial charge >= 0.3 is 0 Å². The molecular formula is C56H30Br2N4. The highest BCUT2D eigenvalue weighted by molar-refractivity contribution is 9.11. The molecule has 0 saturated carbocycles. The highest BCUT2D eigenvalue weighted by atomic mass is 79.9. The lowest BCUT2D eigenvalue weighted by Crippen LogP contribution is -1.91. The van der Waals surface area contributed by atoms with Gasteiger partial charge in [-0.3, -0.25) is 19.9 Å². The van der Waals surface area contributed by atoms with Gasteiger partial charge in [0.25, 0.3) is 0 Å². The number of hydrogen-bond donors (Lipinski definition) is 0. The molecule has 62 heavy (non-hydrogen) atoms. The molecule has 4 aromatic heterocycles. The van der Waals surface area contributed by atoms with Crippen molar-refractivity contribution < 1.29 is 0 Å². The second kappa shape index (κ2) is 13.7. The predicted molar refractivity (Wildman–Crippen MR) is 268 cm³/mol. The molecular weight excluding hydrogens is 888 g/mol. The van der Waals surface area contributed by atoms with Crippen LogP contribution in [0.1, 0.15) is 0 Å². The first kappa shape index (κ1) is 35.6. The van der Waals surface area contributed by atoms with E-state index in [2.05, 4.69) is 187 Å². The largest absolute Gasteiger partial charge is 0.254 e. The Morgan fingerprint density at radius 1 is 0.242 bits per heavy atom. The van der Waals surface area contributed by atoms with Crippen molar-refractivity contribution >= 4 is 140 Å². The number of fused-ring (bicyclic) bond motifs is 6. The summed E-state index contributed by atoms with van der Waals surface area (Å²) in [5.74, 6) is 0. The summed E-state index contributed by atoms with van der Waals surface area (Å²) >= 11 is 7.49. The van der Waals surface area contributed by atoms with E-state index in [9.17, 15) is 0 Å². The Hall–Kier alpha value is -7.12. The number of aromatic nitrogens is 4. The molecule has 288 valence electrons. The van der Waals surface area contributed by atoms with Crippen LogP contribution in [0.25, 0.3) is 131 Å². The maximum Gasteiger partial charge on any atom is 0.0970 e. The first-order valence-corrected chi connectivity index (χ1v) is 22.2. The lowest BCUT2D eigenvalue weighted by Gasteiger charge is -2.16. The van der Waals surface area contributed by atoms with Gasteiger partial charge in [-0.25, -0.2) is 0 Å². The van der Waals surface area contributed by atoms with Crippen molar-refractivity contribution in [2.45, 2.75) is 0 Å². The van der Waals surface area contributed by atoms with Crippen LogP contribution >= 0.6 is 31.9 Å². The normalized spacial score (nSPS) is 12.0. The Balaban J connectivity index is 0.000000126. The van der Waals surface area contributed by atoms with Crippen molar-refractivity contribution in [1.82, 2.24) is 19.9 Å². The molecule has 14 aromatic rings. The summed E-state index contributed by atoms with van der Waals surface area (Å²) in [6.45, 7) is 0. The lowest BCUT2D eigenvalue weighted by atomic mass is 9.89. The van der Waals surface area contributed by atoms with E-state index < -0.39 is 0 Å². The van der Waals surface area contributed by atoms with Crippen LogP contribution < -0.4 is 0 Å². The van der Waals surface area contributed by atoms with Crippen LogP contribution in [-0.2, 0) is 0 Å². The second-order valence-electron chi connectivity index (χ2n) is 16.0. The molecule has 0 N–H and O–H groups in total. The van der Waals surface area contributed by atoms with Crippen molar-refractivity contribution in [1.29, 1.82) is 0 Å². The van der Waals surface area contributed by atoms with Crippen LogP contribution in [0.3, 0.4) is 0 Å². The maximum atomic E-state index is 4.70. The smallest absolute Gasteiger partial charge is 0.0970 e. The summed E-state index contributed by atoms with van der Waals surface area (Å²) in [6, 6.07) is 56.5. The van der Waals surface area contributed by atoms with Gasteiger partial charge in [0.15, 0.2) is 0 Å². The zero-order valence-electron chi connectivity index (χ0n) is 32.9. The molecule has 0 atom stereocenters. The zero-order valence-corrected chi connectivity index (χ0v) is 36.0. The Morgan fingerprint density at radius 2 is 0.565 bits per heavy atom. The fourth-order valence-electron chi connectivity index (χ4n) is 9.98. The molecule has 4 heterocycles. The van der Waals surface area contributed by atoms with Crippen LogP contribution in [0.2, 0.25) is 0 Å². The van der Waals surface area contributed by atoms with Crippen LogP contribution in [0.4, 0.5) is 0 Å². The van der Waals surface area contributed by atoms with E-state index in [0.29, 0.717) is 0 Å². The summed E-state index contributed by atoms with van der Waals surface area (Å²) < 4.78 is 2.26. The minimum absolute atomic E-state index is 0.948. The van der Waals surface area contributed by atoms with E-state index in [1.54, 1.807) is 0 Å². The van der Waals surface area contributed by atoms with Gasteiger partial charge in [-0.15, -0.1) is 0 Å². The first-order chi connectivity index (χ1) is 30.6. The number of halogens is 2. The van der Waals surface area contributed by atoms with E-state index in [4.69, 9.17) is 9.97 Å². The zero-order chi connectivity index (χ0) is 41.1. The average Bonchev–Trinajstić information content (AvgIpc) is 3.33. The fourth-order valence-corrected chi connectivity index (χ4v) is 10.9. The highest BCUT2D eigenvalue weighted by Gasteiger charge is 2.18. The molecule has 0 aliphatic carbocycles. The summed E-state index contributed by atoms with van der Waals surface area (Å²) in [7, 11) is 0. The molecule has 0 aliphatic rings.